The minimum absolute atomic E-state index is 0.0249. The smallest absolute Gasteiger partial charge is 0.207 e. The molecule has 0 aliphatic rings. The fourth-order valence-corrected chi connectivity index (χ4v) is 4.30. The van der Waals surface area contributed by atoms with E-state index in [9.17, 15) is 12.8 Å². The number of hydrogen-bond acceptors (Lipinski definition) is 3. The van der Waals surface area contributed by atoms with Gasteiger partial charge in [0, 0.05) is 21.3 Å². The third-order valence-corrected chi connectivity index (χ3v) is 5.74. The van der Waals surface area contributed by atoms with Crippen LogP contribution in [0.25, 0.3) is 0 Å². The van der Waals surface area contributed by atoms with E-state index in [0.717, 1.165) is 15.4 Å². The molecule has 1 aromatic heterocycles. The Morgan fingerprint density at radius 3 is 2.74 bits per heavy atom. The van der Waals surface area contributed by atoms with Crippen molar-refractivity contribution in [2.75, 3.05) is 0 Å². The Morgan fingerprint density at radius 2 is 2.11 bits per heavy atom. The van der Waals surface area contributed by atoms with E-state index in [1.165, 1.54) is 23.5 Å². The second kappa shape index (κ2) is 5.70. The highest BCUT2D eigenvalue weighted by Gasteiger charge is 2.17. The molecule has 0 atom stereocenters. The van der Waals surface area contributed by atoms with Gasteiger partial charge in [0.25, 0.3) is 0 Å². The number of rotatable bonds is 4. The van der Waals surface area contributed by atoms with E-state index < -0.39 is 15.8 Å². The van der Waals surface area contributed by atoms with Crippen LogP contribution in [0.3, 0.4) is 0 Å². The average molecular weight is 364 g/mol. The van der Waals surface area contributed by atoms with E-state index in [4.69, 9.17) is 0 Å². The van der Waals surface area contributed by atoms with Gasteiger partial charge in [0.05, 0.1) is 4.90 Å². The molecule has 0 aliphatic carbocycles. The van der Waals surface area contributed by atoms with Crippen LogP contribution < -0.4 is 4.72 Å². The number of sulfonamides is 1. The molecule has 3 nitrogen and oxygen atoms in total. The highest BCUT2D eigenvalue weighted by atomic mass is 79.9. The van der Waals surface area contributed by atoms with Crippen molar-refractivity contribution in [3.05, 3.63) is 50.4 Å². The summed E-state index contributed by atoms with van der Waals surface area (Å²) in [5.74, 6) is -0.565. The van der Waals surface area contributed by atoms with Crippen LogP contribution in [0.5, 0.6) is 0 Å². The average Bonchev–Trinajstić information content (AvgIpc) is 2.76. The first-order chi connectivity index (χ1) is 8.88. The third-order valence-electron chi connectivity index (χ3n) is 2.50. The van der Waals surface area contributed by atoms with Gasteiger partial charge in [-0.1, -0.05) is 6.07 Å². The number of halogens is 2. The summed E-state index contributed by atoms with van der Waals surface area (Å²) in [5, 5.41) is 1.87. The molecule has 7 heteroatoms. The Bertz CT molecular complexity index is 698. The minimum atomic E-state index is -3.70. The molecular weight excluding hydrogens is 353 g/mol. The van der Waals surface area contributed by atoms with Gasteiger partial charge in [-0.3, -0.25) is 0 Å². The molecule has 0 saturated heterocycles. The second-order valence-corrected chi connectivity index (χ2v) is 7.61. The first-order valence-electron chi connectivity index (χ1n) is 5.37. The van der Waals surface area contributed by atoms with E-state index in [-0.39, 0.29) is 11.4 Å². The van der Waals surface area contributed by atoms with Gasteiger partial charge < -0.3 is 0 Å². The fraction of sp³-hybridized carbons (Fsp3) is 0.167. The molecule has 0 saturated carbocycles. The molecule has 2 rings (SSSR count). The molecule has 1 aromatic carbocycles. The molecule has 0 amide bonds. The monoisotopic (exact) mass is 363 g/mol. The van der Waals surface area contributed by atoms with Gasteiger partial charge in [0.2, 0.25) is 10.0 Å². The summed E-state index contributed by atoms with van der Waals surface area (Å²) in [6, 6.07) is 5.56. The van der Waals surface area contributed by atoms with Crippen molar-refractivity contribution in [1.82, 2.24) is 4.72 Å². The lowest BCUT2D eigenvalue weighted by atomic mass is 10.2. The van der Waals surface area contributed by atoms with Crippen LogP contribution in [-0.2, 0) is 16.6 Å². The summed E-state index contributed by atoms with van der Waals surface area (Å²) in [6.07, 6.45) is 0. The van der Waals surface area contributed by atoms with Crippen molar-refractivity contribution in [2.24, 2.45) is 0 Å². The van der Waals surface area contributed by atoms with Crippen LogP contribution in [0.2, 0.25) is 0 Å². The van der Waals surface area contributed by atoms with Crippen molar-refractivity contribution in [3.63, 3.8) is 0 Å². The van der Waals surface area contributed by atoms with Crippen molar-refractivity contribution in [2.45, 2.75) is 18.4 Å². The van der Waals surface area contributed by atoms with E-state index >= 15 is 0 Å². The molecular formula is C12H11BrFNO2S2. The lowest BCUT2D eigenvalue weighted by molar-refractivity contribution is 0.577. The Morgan fingerprint density at radius 1 is 1.37 bits per heavy atom. The molecule has 0 aliphatic heterocycles. The molecule has 0 fully saturated rings. The van der Waals surface area contributed by atoms with E-state index in [0.29, 0.717) is 5.56 Å². The highest BCUT2D eigenvalue weighted by molar-refractivity contribution is 9.10. The molecule has 0 spiro atoms. The minimum Gasteiger partial charge on any atom is -0.207 e. The van der Waals surface area contributed by atoms with E-state index in [1.807, 2.05) is 11.4 Å². The summed E-state index contributed by atoms with van der Waals surface area (Å²) in [4.78, 5) is 0.854. The molecule has 19 heavy (non-hydrogen) atoms. The molecule has 0 radical (unpaired) electrons. The summed E-state index contributed by atoms with van der Waals surface area (Å²) in [5.41, 5.74) is 0.515. The highest BCUT2D eigenvalue weighted by Crippen LogP contribution is 2.21. The maximum atomic E-state index is 13.1. The number of aryl methyl sites for hydroxylation is 1. The van der Waals surface area contributed by atoms with Gasteiger partial charge in [0.15, 0.2) is 0 Å². The number of hydrogen-bond donors (Lipinski definition) is 1. The summed E-state index contributed by atoms with van der Waals surface area (Å²) in [7, 11) is -3.70. The van der Waals surface area contributed by atoms with Crippen LogP contribution in [0, 0.1) is 12.7 Å². The Labute approximate surface area is 123 Å². The van der Waals surface area contributed by atoms with Crippen LogP contribution in [0.15, 0.2) is 39.0 Å². The van der Waals surface area contributed by atoms with E-state index in [1.54, 1.807) is 6.92 Å². The zero-order chi connectivity index (χ0) is 14.0. The van der Waals surface area contributed by atoms with Crippen molar-refractivity contribution in [3.8, 4) is 0 Å². The Balaban J connectivity index is 2.20. The molecule has 2 aromatic rings. The first-order valence-corrected chi connectivity index (χ1v) is 8.53. The van der Waals surface area contributed by atoms with Crippen LogP contribution in [0.4, 0.5) is 4.39 Å². The fourth-order valence-electron chi connectivity index (χ4n) is 1.55. The zero-order valence-corrected chi connectivity index (χ0v) is 13.2. The number of benzene rings is 1. The zero-order valence-electron chi connectivity index (χ0n) is 9.98. The summed E-state index contributed by atoms with van der Waals surface area (Å²) >= 11 is 4.75. The van der Waals surface area contributed by atoms with Gasteiger partial charge in [0.1, 0.15) is 5.82 Å². The van der Waals surface area contributed by atoms with E-state index in [2.05, 4.69) is 20.7 Å². The predicted molar refractivity (Wildman–Crippen MR) is 77.2 cm³/mol. The normalized spacial score (nSPS) is 11.7. The van der Waals surface area contributed by atoms with Crippen LogP contribution in [0.1, 0.15) is 10.4 Å². The lowest BCUT2D eigenvalue weighted by Crippen LogP contribution is -2.23. The van der Waals surface area contributed by atoms with Gasteiger partial charge in [-0.05, 0) is 46.6 Å². The topological polar surface area (TPSA) is 46.2 Å². The number of thiophene rings is 1. The van der Waals surface area contributed by atoms with Gasteiger partial charge >= 0.3 is 0 Å². The second-order valence-electron chi connectivity index (χ2n) is 3.97. The van der Waals surface area contributed by atoms with Gasteiger partial charge in [-0.25, -0.2) is 17.5 Å². The molecule has 102 valence electrons. The van der Waals surface area contributed by atoms with Crippen molar-refractivity contribution < 1.29 is 12.8 Å². The van der Waals surface area contributed by atoms with Gasteiger partial charge in [-0.15, -0.1) is 11.3 Å². The van der Waals surface area contributed by atoms with Crippen molar-refractivity contribution >= 4 is 37.3 Å². The van der Waals surface area contributed by atoms with Crippen LogP contribution >= 0.6 is 27.3 Å². The first kappa shape index (κ1) is 14.6. The number of nitrogens with one attached hydrogen (secondary N) is 1. The van der Waals surface area contributed by atoms with Crippen molar-refractivity contribution in [1.29, 1.82) is 0 Å². The largest absolute Gasteiger partial charge is 0.241 e. The third kappa shape index (κ3) is 3.62. The summed E-state index contributed by atoms with van der Waals surface area (Å²) < 4.78 is 40.7. The lowest BCUT2D eigenvalue weighted by Gasteiger charge is -2.08. The van der Waals surface area contributed by atoms with Crippen LogP contribution in [-0.4, -0.2) is 8.42 Å². The Hall–Kier alpha value is -0.760. The molecule has 0 bridgehead atoms. The maximum absolute atomic E-state index is 13.1. The molecule has 1 heterocycles. The van der Waals surface area contributed by atoms with Gasteiger partial charge in [-0.2, -0.15) is 0 Å². The Kier molecular flexibility index (Phi) is 4.39. The summed E-state index contributed by atoms with van der Waals surface area (Å²) in [6.45, 7) is 1.82. The molecule has 1 N–H and O–H groups in total. The maximum Gasteiger partial charge on any atom is 0.241 e. The quantitative estimate of drug-likeness (QED) is 0.904. The predicted octanol–water partition coefficient (Wildman–Crippen LogP) is 3.44. The SMILES string of the molecule is Cc1ccc(F)cc1S(=O)(=O)NCc1cc(Br)cs1. The standard InChI is InChI=1S/C12H11BrFNO2S2/c1-8-2-3-10(14)5-12(8)19(16,17)15-6-11-4-9(13)7-18-11/h2-5,7,15H,6H2,1H3. The molecule has 0 unspecified atom stereocenters.